The second-order valence-corrected chi connectivity index (χ2v) is 6.87. The van der Waals surface area contributed by atoms with E-state index < -0.39 is 5.82 Å². The number of ether oxygens (including phenoxy) is 2. The van der Waals surface area contributed by atoms with Gasteiger partial charge in [0.15, 0.2) is 11.5 Å². The number of fused-ring (bicyclic) bond motifs is 1. The molecule has 0 aliphatic heterocycles. The predicted octanol–water partition coefficient (Wildman–Crippen LogP) is 5.92. The molecule has 1 N–H and O–H groups in total. The van der Waals surface area contributed by atoms with Gasteiger partial charge in [0.2, 0.25) is 0 Å². The average Bonchev–Trinajstić information content (AvgIpc) is 3.10. The van der Waals surface area contributed by atoms with Crippen molar-refractivity contribution >= 4 is 22.6 Å². The van der Waals surface area contributed by atoms with Crippen LogP contribution in [0, 0.1) is 12.7 Å². The maximum Gasteiger partial charge on any atom is 0.161 e. The van der Waals surface area contributed by atoms with Gasteiger partial charge in [-0.25, -0.2) is 9.37 Å². The molecule has 4 nitrogen and oxygen atoms in total. The smallest absolute Gasteiger partial charge is 0.161 e. The quantitative estimate of drug-likeness (QED) is 0.455. The lowest BCUT2D eigenvalue weighted by atomic mass is 10.2. The van der Waals surface area contributed by atoms with Crippen molar-refractivity contribution in [3.8, 4) is 22.9 Å². The minimum absolute atomic E-state index is 0.00509. The van der Waals surface area contributed by atoms with Gasteiger partial charge in [0.25, 0.3) is 0 Å². The second-order valence-electron chi connectivity index (χ2n) is 6.46. The highest BCUT2D eigenvalue weighted by molar-refractivity contribution is 6.31. The van der Waals surface area contributed by atoms with Crippen LogP contribution in [0.5, 0.6) is 11.5 Å². The summed E-state index contributed by atoms with van der Waals surface area (Å²) in [5.41, 5.74) is 4.21. The molecule has 0 aliphatic carbocycles. The van der Waals surface area contributed by atoms with E-state index in [1.54, 1.807) is 25.3 Å². The summed E-state index contributed by atoms with van der Waals surface area (Å²) >= 11 is 6.06. The Bertz CT molecular complexity index is 1140. The van der Waals surface area contributed by atoms with Gasteiger partial charge in [-0.15, -0.1) is 0 Å². The number of hydrogen-bond donors (Lipinski definition) is 1. The first kappa shape index (κ1) is 18.3. The maximum atomic E-state index is 13.9. The molecule has 0 bridgehead atoms. The van der Waals surface area contributed by atoms with Crippen molar-refractivity contribution in [2.45, 2.75) is 13.5 Å². The summed E-state index contributed by atoms with van der Waals surface area (Å²) in [6.07, 6.45) is 0. The lowest BCUT2D eigenvalue weighted by Crippen LogP contribution is -2.01. The Morgan fingerprint density at radius 1 is 1.07 bits per heavy atom. The molecule has 3 aromatic carbocycles. The first-order chi connectivity index (χ1) is 13.5. The Labute approximate surface area is 166 Å². The first-order valence-electron chi connectivity index (χ1n) is 8.75. The van der Waals surface area contributed by atoms with Crippen LogP contribution in [0.3, 0.4) is 0 Å². The van der Waals surface area contributed by atoms with E-state index in [1.165, 1.54) is 6.07 Å². The highest BCUT2D eigenvalue weighted by Crippen LogP contribution is 2.33. The number of methoxy groups -OCH3 is 1. The number of halogens is 2. The Morgan fingerprint density at radius 3 is 2.71 bits per heavy atom. The van der Waals surface area contributed by atoms with Gasteiger partial charge in [-0.1, -0.05) is 23.7 Å². The number of hydrogen-bond acceptors (Lipinski definition) is 3. The van der Waals surface area contributed by atoms with E-state index in [0.717, 1.165) is 28.0 Å². The van der Waals surface area contributed by atoms with E-state index in [1.807, 2.05) is 31.2 Å². The van der Waals surface area contributed by atoms with Crippen molar-refractivity contribution in [2.75, 3.05) is 7.11 Å². The summed E-state index contributed by atoms with van der Waals surface area (Å²) in [4.78, 5) is 7.95. The molecule has 0 saturated heterocycles. The average molecular weight is 397 g/mol. The Balaban J connectivity index is 1.62. The topological polar surface area (TPSA) is 47.1 Å². The number of aromatic nitrogens is 2. The molecule has 0 aliphatic rings. The van der Waals surface area contributed by atoms with Crippen LogP contribution >= 0.6 is 11.6 Å². The van der Waals surface area contributed by atoms with Crippen molar-refractivity contribution in [3.63, 3.8) is 0 Å². The SMILES string of the molecule is COc1cc(-c2nc3ccc(C)cc3[nH]2)ccc1OCc1c(F)cccc1Cl. The fourth-order valence-corrected chi connectivity index (χ4v) is 3.23. The predicted molar refractivity (Wildman–Crippen MR) is 109 cm³/mol. The zero-order chi connectivity index (χ0) is 19.7. The summed E-state index contributed by atoms with van der Waals surface area (Å²) in [5.74, 6) is 1.36. The van der Waals surface area contributed by atoms with Crippen LogP contribution in [0.2, 0.25) is 5.02 Å². The third-order valence-electron chi connectivity index (χ3n) is 4.51. The minimum Gasteiger partial charge on any atom is -0.493 e. The molecule has 0 unspecified atom stereocenters. The molecule has 0 fully saturated rings. The number of aryl methyl sites for hydroxylation is 1. The molecule has 28 heavy (non-hydrogen) atoms. The summed E-state index contributed by atoms with van der Waals surface area (Å²) in [7, 11) is 1.56. The van der Waals surface area contributed by atoms with Gasteiger partial charge in [-0.3, -0.25) is 0 Å². The van der Waals surface area contributed by atoms with Gasteiger partial charge in [0.05, 0.1) is 23.2 Å². The molecule has 1 heterocycles. The summed E-state index contributed by atoms with van der Waals surface area (Å²) in [5, 5.41) is 0.327. The Morgan fingerprint density at radius 2 is 1.93 bits per heavy atom. The maximum absolute atomic E-state index is 13.9. The fourth-order valence-electron chi connectivity index (χ4n) is 3.01. The summed E-state index contributed by atoms with van der Waals surface area (Å²) in [6.45, 7) is 2.04. The molecule has 0 saturated carbocycles. The summed E-state index contributed by atoms with van der Waals surface area (Å²) in [6, 6.07) is 16.1. The Hall–Kier alpha value is -3.05. The fraction of sp³-hybridized carbons (Fsp3) is 0.136. The lowest BCUT2D eigenvalue weighted by molar-refractivity contribution is 0.280. The van der Waals surface area contributed by atoms with E-state index in [-0.39, 0.29) is 6.61 Å². The number of rotatable bonds is 5. The highest BCUT2D eigenvalue weighted by atomic mass is 35.5. The van der Waals surface area contributed by atoms with Gasteiger partial charge in [0, 0.05) is 11.1 Å². The lowest BCUT2D eigenvalue weighted by Gasteiger charge is -2.13. The van der Waals surface area contributed by atoms with Crippen molar-refractivity contribution in [3.05, 3.63) is 76.6 Å². The minimum atomic E-state index is -0.402. The van der Waals surface area contributed by atoms with Crippen LogP contribution in [0.4, 0.5) is 4.39 Å². The number of H-pyrrole nitrogens is 1. The third kappa shape index (κ3) is 3.53. The van der Waals surface area contributed by atoms with Crippen molar-refractivity contribution in [1.29, 1.82) is 0 Å². The largest absolute Gasteiger partial charge is 0.493 e. The molecular weight excluding hydrogens is 379 g/mol. The molecule has 4 aromatic rings. The molecule has 6 heteroatoms. The monoisotopic (exact) mass is 396 g/mol. The standard InChI is InChI=1S/C22H18ClFN2O2/c1-13-6-8-18-19(10-13)26-22(25-18)14-7-9-20(21(11-14)27-2)28-12-15-16(23)4-3-5-17(15)24/h3-11H,12H2,1-2H3,(H,25,26). The van der Waals surface area contributed by atoms with Gasteiger partial charge < -0.3 is 14.5 Å². The van der Waals surface area contributed by atoms with E-state index in [0.29, 0.717) is 22.1 Å². The van der Waals surface area contributed by atoms with Crippen molar-refractivity contribution < 1.29 is 13.9 Å². The molecule has 0 amide bonds. The van der Waals surface area contributed by atoms with Crippen molar-refractivity contribution in [1.82, 2.24) is 9.97 Å². The van der Waals surface area contributed by atoms with Crippen LogP contribution in [-0.4, -0.2) is 17.1 Å². The molecule has 0 spiro atoms. The normalized spacial score (nSPS) is 11.0. The molecule has 142 valence electrons. The van der Waals surface area contributed by atoms with E-state index >= 15 is 0 Å². The number of imidazole rings is 1. The zero-order valence-electron chi connectivity index (χ0n) is 15.4. The first-order valence-corrected chi connectivity index (χ1v) is 9.13. The zero-order valence-corrected chi connectivity index (χ0v) is 16.2. The van der Waals surface area contributed by atoms with Gasteiger partial charge in [-0.05, 0) is 55.0 Å². The van der Waals surface area contributed by atoms with Crippen LogP contribution in [0.1, 0.15) is 11.1 Å². The van der Waals surface area contributed by atoms with E-state index in [9.17, 15) is 4.39 Å². The second kappa shape index (κ2) is 7.52. The molecule has 0 radical (unpaired) electrons. The van der Waals surface area contributed by atoms with E-state index in [2.05, 4.69) is 16.0 Å². The van der Waals surface area contributed by atoms with Crippen LogP contribution in [-0.2, 0) is 6.61 Å². The van der Waals surface area contributed by atoms with E-state index in [4.69, 9.17) is 21.1 Å². The van der Waals surface area contributed by atoms with Crippen molar-refractivity contribution in [2.24, 2.45) is 0 Å². The number of benzene rings is 3. The molecule has 0 atom stereocenters. The third-order valence-corrected chi connectivity index (χ3v) is 4.86. The van der Waals surface area contributed by atoms with Crippen LogP contribution in [0.15, 0.2) is 54.6 Å². The van der Waals surface area contributed by atoms with Crippen LogP contribution < -0.4 is 9.47 Å². The number of nitrogens with zero attached hydrogens (tertiary/aromatic N) is 1. The Kier molecular flexibility index (Phi) is 4.92. The summed E-state index contributed by atoms with van der Waals surface area (Å²) < 4.78 is 25.2. The highest BCUT2D eigenvalue weighted by Gasteiger charge is 2.13. The number of nitrogens with one attached hydrogen (secondary N) is 1. The molecule has 4 rings (SSSR count). The van der Waals surface area contributed by atoms with Gasteiger partial charge >= 0.3 is 0 Å². The van der Waals surface area contributed by atoms with Crippen LogP contribution in [0.25, 0.3) is 22.4 Å². The molecule has 1 aromatic heterocycles. The molecular formula is C22H18ClFN2O2. The van der Waals surface area contributed by atoms with Gasteiger partial charge in [-0.2, -0.15) is 0 Å². The number of aromatic amines is 1. The van der Waals surface area contributed by atoms with Gasteiger partial charge in [0.1, 0.15) is 18.2 Å².